The second kappa shape index (κ2) is 4.78. The Bertz CT molecular complexity index is 196. The third-order valence-corrected chi connectivity index (χ3v) is 1.64. The van der Waals surface area contributed by atoms with Gasteiger partial charge in [0.15, 0.2) is 0 Å². The van der Waals surface area contributed by atoms with E-state index < -0.39 is 0 Å². The van der Waals surface area contributed by atoms with Crippen LogP contribution in [0, 0.1) is 0 Å². The van der Waals surface area contributed by atoms with Gasteiger partial charge in [-0.15, -0.1) is 0 Å². The average molecular weight is 173 g/mol. The molecule has 1 aromatic carbocycles. The summed E-state index contributed by atoms with van der Waals surface area (Å²) in [7, 11) is 0. The van der Waals surface area contributed by atoms with Gasteiger partial charge in [-0.1, -0.05) is 51.1 Å². The number of hydrogen-bond donors (Lipinski definition) is 0. The molecular formula is C10H14K. The molecule has 0 aromatic heterocycles. The van der Waals surface area contributed by atoms with Crippen LogP contribution in [-0.2, 0) is 5.41 Å². The van der Waals surface area contributed by atoms with E-state index in [9.17, 15) is 0 Å². The monoisotopic (exact) mass is 173 g/mol. The predicted molar refractivity (Wildman–Crippen MR) is 50.9 cm³/mol. The van der Waals surface area contributed by atoms with Crippen molar-refractivity contribution in [1.29, 1.82) is 0 Å². The predicted octanol–water partition coefficient (Wildman–Crippen LogP) is 2.60. The van der Waals surface area contributed by atoms with Gasteiger partial charge in [-0.2, -0.15) is 0 Å². The Morgan fingerprint density at radius 3 is 1.64 bits per heavy atom. The second-order valence-electron chi connectivity index (χ2n) is 3.62. The Balaban J connectivity index is 0.000001000. The zero-order chi connectivity index (χ0) is 7.61. The van der Waals surface area contributed by atoms with Crippen molar-refractivity contribution in [2.24, 2.45) is 0 Å². The van der Waals surface area contributed by atoms with E-state index in [1.54, 1.807) is 0 Å². The summed E-state index contributed by atoms with van der Waals surface area (Å²) >= 11 is 0. The fourth-order valence-electron chi connectivity index (χ4n) is 0.938. The van der Waals surface area contributed by atoms with Crippen molar-refractivity contribution < 1.29 is 0 Å². The molecule has 1 aromatic rings. The van der Waals surface area contributed by atoms with Crippen LogP contribution in [0.5, 0.6) is 0 Å². The molecule has 0 fully saturated rings. The van der Waals surface area contributed by atoms with Crippen LogP contribution in [0.15, 0.2) is 30.3 Å². The van der Waals surface area contributed by atoms with Crippen LogP contribution < -0.4 is 0 Å². The minimum atomic E-state index is 0. The van der Waals surface area contributed by atoms with Crippen molar-refractivity contribution in [2.45, 2.75) is 26.2 Å². The fraction of sp³-hybridized carbons (Fsp3) is 0.400. The van der Waals surface area contributed by atoms with Gasteiger partial charge in [-0.05, 0) is 11.0 Å². The molecule has 0 bridgehead atoms. The smallest absolute Gasteiger partial charge is 0 e. The molecular weight excluding hydrogens is 159 g/mol. The van der Waals surface area contributed by atoms with Gasteiger partial charge in [0.05, 0.1) is 0 Å². The van der Waals surface area contributed by atoms with E-state index in [2.05, 4.69) is 51.1 Å². The van der Waals surface area contributed by atoms with E-state index in [-0.39, 0.29) is 51.4 Å². The van der Waals surface area contributed by atoms with Gasteiger partial charge >= 0.3 is 0 Å². The van der Waals surface area contributed by atoms with Gasteiger partial charge < -0.3 is 0 Å². The molecule has 1 heteroatoms. The molecule has 1 radical (unpaired) electrons. The molecule has 1 rings (SSSR count). The topological polar surface area (TPSA) is 0 Å². The van der Waals surface area contributed by atoms with Gasteiger partial charge in [-0.25, -0.2) is 0 Å². The third kappa shape index (κ3) is 3.86. The Labute approximate surface area is 112 Å². The van der Waals surface area contributed by atoms with Crippen molar-refractivity contribution in [3.8, 4) is 0 Å². The minimum absolute atomic E-state index is 0. The first-order valence-electron chi connectivity index (χ1n) is 3.66. The first kappa shape index (κ1) is 11.9. The summed E-state index contributed by atoms with van der Waals surface area (Å²) in [4.78, 5) is 0. The standard InChI is InChI=1S/C10H14.K/c1-10(2,3)9-7-5-4-6-8-9;/h4-8H,1-3H3;. The van der Waals surface area contributed by atoms with E-state index in [1.165, 1.54) is 5.56 Å². The molecule has 55 valence electrons. The van der Waals surface area contributed by atoms with Crippen molar-refractivity contribution in [2.75, 3.05) is 0 Å². The number of benzene rings is 1. The molecule has 0 aliphatic heterocycles. The molecule has 0 aliphatic carbocycles. The molecule has 0 saturated carbocycles. The summed E-state index contributed by atoms with van der Waals surface area (Å²) in [6, 6.07) is 10.6. The van der Waals surface area contributed by atoms with Crippen LogP contribution in [0.1, 0.15) is 26.3 Å². The minimum Gasteiger partial charge on any atom is -0.0622 e. The van der Waals surface area contributed by atoms with Crippen molar-refractivity contribution in [3.63, 3.8) is 0 Å². The van der Waals surface area contributed by atoms with Crippen molar-refractivity contribution in [3.05, 3.63) is 35.9 Å². The van der Waals surface area contributed by atoms with E-state index >= 15 is 0 Å². The summed E-state index contributed by atoms with van der Waals surface area (Å²) in [6.07, 6.45) is 0. The zero-order valence-electron chi connectivity index (χ0n) is 7.89. The Morgan fingerprint density at radius 1 is 0.909 bits per heavy atom. The molecule has 0 unspecified atom stereocenters. The quantitative estimate of drug-likeness (QED) is 0.529. The van der Waals surface area contributed by atoms with Crippen LogP contribution in [-0.4, -0.2) is 51.4 Å². The maximum Gasteiger partial charge on any atom is 0 e. The largest absolute Gasteiger partial charge is 0.0622 e. The SMILES string of the molecule is CC(C)(C)c1ccccc1.[K]. The number of hydrogen-bond acceptors (Lipinski definition) is 0. The second-order valence-corrected chi connectivity index (χ2v) is 3.62. The van der Waals surface area contributed by atoms with Crippen molar-refractivity contribution >= 4 is 51.4 Å². The molecule has 0 N–H and O–H groups in total. The van der Waals surface area contributed by atoms with Crippen LogP contribution in [0.4, 0.5) is 0 Å². The van der Waals surface area contributed by atoms with Gasteiger partial charge in [-0.3, -0.25) is 0 Å². The molecule has 0 atom stereocenters. The molecule has 0 amide bonds. The van der Waals surface area contributed by atoms with Gasteiger partial charge in [0.25, 0.3) is 0 Å². The maximum atomic E-state index is 2.22. The van der Waals surface area contributed by atoms with Gasteiger partial charge in [0.1, 0.15) is 0 Å². The normalized spacial score (nSPS) is 10.5. The van der Waals surface area contributed by atoms with Crippen LogP contribution >= 0.6 is 0 Å². The van der Waals surface area contributed by atoms with E-state index in [0.29, 0.717) is 5.41 Å². The summed E-state index contributed by atoms with van der Waals surface area (Å²) in [5, 5.41) is 0. The van der Waals surface area contributed by atoms with Crippen LogP contribution in [0.25, 0.3) is 0 Å². The Hall–Kier alpha value is 0.856. The van der Waals surface area contributed by atoms with E-state index in [0.717, 1.165) is 0 Å². The average Bonchev–Trinajstić information content (AvgIpc) is 1.88. The molecule has 0 spiro atoms. The maximum absolute atomic E-state index is 2.22. The molecule has 0 heterocycles. The van der Waals surface area contributed by atoms with Gasteiger partial charge in [0.2, 0.25) is 0 Å². The van der Waals surface area contributed by atoms with Gasteiger partial charge in [0, 0.05) is 51.4 Å². The van der Waals surface area contributed by atoms with Crippen molar-refractivity contribution in [1.82, 2.24) is 0 Å². The van der Waals surface area contributed by atoms with Crippen LogP contribution in [0.3, 0.4) is 0 Å². The Kier molecular flexibility index (Phi) is 5.15. The summed E-state index contributed by atoms with van der Waals surface area (Å²) in [5.74, 6) is 0. The molecule has 0 nitrogen and oxygen atoms in total. The molecule has 0 saturated heterocycles. The number of rotatable bonds is 0. The van der Waals surface area contributed by atoms with E-state index in [4.69, 9.17) is 0 Å². The summed E-state index contributed by atoms with van der Waals surface area (Å²) < 4.78 is 0. The van der Waals surface area contributed by atoms with Crippen LogP contribution in [0.2, 0.25) is 0 Å². The third-order valence-electron chi connectivity index (χ3n) is 1.64. The summed E-state index contributed by atoms with van der Waals surface area (Å²) in [6.45, 7) is 6.67. The molecule has 11 heavy (non-hydrogen) atoms. The first-order chi connectivity index (χ1) is 4.61. The zero-order valence-corrected chi connectivity index (χ0v) is 11.0. The first-order valence-corrected chi connectivity index (χ1v) is 3.66. The molecule has 0 aliphatic rings. The fourth-order valence-corrected chi connectivity index (χ4v) is 0.938. The van der Waals surface area contributed by atoms with E-state index in [1.807, 2.05) is 0 Å². The summed E-state index contributed by atoms with van der Waals surface area (Å²) in [5.41, 5.74) is 1.69. The Morgan fingerprint density at radius 2 is 1.36 bits per heavy atom.